The van der Waals surface area contributed by atoms with Gasteiger partial charge in [-0.25, -0.2) is 8.78 Å². The second kappa shape index (κ2) is 5.55. The molecule has 0 N–H and O–H groups in total. The van der Waals surface area contributed by atoms with Gasteiger partial charge in [0.05, 0.1) is 4.88 Å². The van der Waals surface area contributed by atoms with Gasteiger partial charge in [0.25, 0.3) is 0 Å². The number of allylic oxidation sites excluding steroid dienone is 1. The van der Waals surface area contributed by atoms with E-state index in [4.69, 9.17) is 5.26 Å². The van der Waals surface area contributed by atoms with Crippen molar-refractivity contribution in [2.75, 3.05) is 0 Å². The molecule has 94 valence electrons. The number of ketones is 1. The van der Waals surface area contributed by atoms with Crippen molar-refractivity contribution in [3.63, 3.8) is 0 Å². The lowest BCUT2D eigenvalue weighted by molar-refractivity contribution is 0.104. The fourth-order valence-corrected chi connectivity index (χ4v) is 2.15. The Balaban J connectivity index is 2.43. The van der Waals surface area contributed by atoms with Crippen molar-refractivity contribution in [3.05, 3.63) is 63.4 Å². The predicted octanol–water partition coefficient (Wildman–Crippen LogP) is 3.82. The summed E-state index contributed by atoms with van der Waals surface area (Å²) in [5.74, 6) is -2.59. The molecular formula is C14H7F2NOS. The lowest BCUT2D eigenvalue weighted by Gasteiger charge is -1.99. The molecule has 19 heavy (non-hydrogen) atoms. The fraction of sp³-hybridized carbons (Fsp3) is 0. The van der Waals surface area contributed by atoms with E-state index in [0.29, 0.717) is 4.88 Å². The number of thiophene rings is 1. The third-order valence-electron chi connectivity index (χ3n) is 2.39. The average Bonchev–Trinajstić information content (AvgIpc) is 2.94. The summed E-state index contributed by atoms with van der Waals surface area (Å²) in [6, 6.07) is 8.55. The number of nitrogens with zero attached hydrogens (tertiary/aromatic N) is 1. The maximum absolute atomic E-state index is 13.5. The number of rotatable bonds is 3. The van der Waals surface area contributed by atoms with E-state index in [9.17, 15) is 13.6 Å². The van der Waals surface area contributed by atoms with Crippen LogP contribution in [-0.2, 0) is 0 Å². The van der Waals surface area contributed by atoms with Gasteiger partial charge >= 0.3 is 0 Å². The fourth-order valence-electron chi connectivity index (χ4n) is 1.48. The maximum atomic E-state index is 13.5. The quantitative estimate of drug-likeness (QED) is 0.485. The highest BCUT2D eigenvalue weighted by molar-refractivity contribution is 7.12. The molecule has 2 rings (SSSR count). The van der Waals surface area contributed by atoms with Crippen LogP contribution in [0.25, 0.3) is 6.08 Å². The Labute approximate surface area is 112 Å². The molecule has 0 unspecified atom stereocenters. The van der Waals surface area contributed by atoms with E-state index in [1.165, 1.54) is 23.5 Å². The van der Waals surface area contributed by atoms with Gasteiger partial charge in [-0.05, 0) is 23.6 Å². The maximum Gasteiger partial charge on any atom is 0.213 e. The number of hydrogen-bond acceptors (Lipinski definition) is 3. The predicted molar refractivity (Wildman–Crippen MR) is 68.6 cm³/mol. The van der Waals surface area contributed by atoms with E-state index < -0.39 is 17.4 Å². The molecule has 0 saturated heterocycles. The van der Waals surface area contributed by atoms with Crippen LogP contribution in [0.4, 0.5) is 8.78 Å². The van der Waals surface area contributed by atoms with Crippen molar-refractivity contribution in [1.29, 1.82) is 5.26 Å². The van der Waals surface area contributed by atoms with E-state index >= 15 is 0 Å². The SMILES string of the molecule is N#CC(=Cc1cccc(F)c1F)C(=O)c1cccs1. The minimum atomic E-state index is -1.07. The van der Waals surface area contributed by atoms with Crippen LogP contribution in [0.1, 0.15) is 15.2 Å². The summed E-state index contributed by atoms with van der Waals surface area (Å²) in [6.07, 6.45) is 1.06. The first kappa shape index (κ1) is 13.1. The van der Waals surface area contributed by atoms with E-state index in [0.717, 1.165) is 12.1 Å². The van der Waals surface area contributed by atoms with Crippen molar-refractivity contribution in [2.45, 2.75) is 0 Å². The average molecular weight is 275 g/mol. The van der Waals surface area contributed by atoms with Crippen LogP contribution in [0.2, 0.25) is 0 Å². The molecule has 0 aliphatic heterocycles. The molecule has 2 aromatic rings. The molecule has 2 nitrogen and oxygen atoms in total. The molecule has 0 radical (unpaired) electrons. The van der Waals surface area contributed by atoms with Gasteiger partial charge in [-0.3, -0.25) is 4.79 Å². The Morgan fingerprint density at radius 2 is 2.05 bits per heavy atom. The van der Waals surface area contributed by atoms with E-state index in [-0.39, 0.29) is 11.1 Å². The molecule has 0 amide bonds. The normalized spacial score (nSPS) is 11.1. The van der Waals surface area contributed by atoms with Crippen molar-refractivity contribution in [2.24, 2.45) is 0 Å². The molecule has 1 heterocycles. The Bertz CT molecular complexity index is 684. The molecule has 0 aliphatic rings. The third kappa shape index (κ3) is 2.75. The largest absolute Gasteiger partial charge is 0.287 e. The summed E-state index contributed by atoms with van der Waals surface area (Å²) in [6.45, 7) is 0. The highest BCUT2D eigenvalue weighted by atomic mass is 32.1. The number of nitriles is 1. The van der Waals surface area contributed by atoms with Crippen LogP contribution in [0.15, 0.2) is 41.3 Å². The molecule has 0 spiro atoms. The summed E-state index contributed by atoms with van der Waals surface area (Å²) < 4.78 is 26.5. The van der Waals surface area contributed by atoms with Crippen LogP contribution in [-0.4, -0.2) is 5.78 Å². The number of hydrogen-bond donors (Lipinski definition) is 0. The molecule has 0 fully saturated rings. The van der Waals surface area contributed by atoms with E-state index in [1.54, 1.807) is 23.6 Å². The number of carbonyl (C=O) groups is 1. The van der Waals surface area contributed by atoms with Gasteiger partial charge in [-0.2, -0.15) is 5.26 Å². The minimum Gasteiger partial charge on any atom is -0.287 e. The van der Waals surface area contributed by atoms with E-state index in [1.807, 2.05) is 0 Å². The summed E-state index contributed by atoms with van der Waals surface area (Å²) in [7, 11) is 0. The Morgan fingerprint density at radius 1 is 1.26 bits per heavy atom. The lowest BCUT2D eigenvalue weighted by Crippen LogP contribution is -2.00. The molecule has 0 atom stereocenters. The molecule has 5 heteroatoms. The van der Waals surface area contributed by atoms with Crippen molar-refractivity contribution >= 4 is 23.2 Å². The van der Waals surface area contributed by atoms with Gasteiger partial charge in [0.15, 0.2) is 11.6 Å². The number of Topliss-reactive ketones (excluding diaryl/α,β-unsaturated/α-hetero) is 1. The Morgan fingerprint density at radius 3 is 2.68 bits per heavy atom. The first-order chi connectivity index (χ1) is 9.13. The van der Waals surface area contributed by atoms with Gasteiger partial charge in [-0.15, -0.1) is 11.3 Å². The summed E-state index contributed by atoms with van der Waals surface area (Å²) in [4.78, 5) is 12.3. The zero-order chi connectivity index (χ0) is 13.8. The summed E-state index contributed by atoms with van der Waals surface area (Å²) in [5.41, 5.74) is -0.353. The van der Waals surface area contributed by atoms with Gasteiger partial charge < -0.3 is 0 Å². The minimum absolute atomic E-state index is 0.124. The van der Waals surface area contributed by atoms with Crippen molar-refractivity contribution < 1.29 is 13.6 Å². The first-order valence-electron chi connectivity index (χ1n) is 5.27. The topological polar surface area (TPSA) is 40.9 Å². The standard InChI is InChI=1S/C14H7F2NOS/c15-11-4-1-3-9(13(11)16)7-10(8-17)14(18)12-5-2-6-19-12/h1-7H. The summed E-state index contributed by atoms with van der Waals surface area (Å²) >= 11 is 1.18. The van der Waals surface area contributed by atoms with Crippen LogP contribution in [0.5, 0.6) is 0 Å². The molecule has 1 aromatic carbocycles. The smallest absolute Gasteiger partial charge is 0.213 e. The highest BCUT2D eigenvalue weighted by Crippen LogP contribution is 2.19. The van der Waals surface area contributed by atoms with Gasteiger partial charge in [0.1, 0.15) is 11.6 Å². The molecule has 0 aliphatic carbocycles. The third-order valence-corrected chi connectivity index (χ3v) is 3.26. The van der Waals surface area contributed by atoms with Crippen LogP contribution >= 0.6 is 11.3 Å². The zero-order valence-electron chi connectivity index (χ0n) is 9.56. The number of carbonyl (C=O) groups excluding carboxylic acids is 1. The van der Waals surface area contributed by atoms with Crippen LogP contribution < -0.4 is 0 Å². The van der Waals surface area contributed by atoms with Gasteiger partial charge in [0.2, 0.25) is 5.78 Å². The molecule has 0 bridgehead atoms. The second-order valence-corrected chi connectivity index (χ2v) is 4.57. The lowest BCUT2D eigenvalue weighted by atomic mass is 10.1. The number of benzene rings is 1. The van der Waals surface area contributed by atoms with Crippen LogP contribution in [0, 0.1) is 23.0 Å². The monoisotopic (exact) mass is 275 g/mol. The summed E-state index contributed by atoms with van der Waals surface area (Å²) in [5, 5.41) is 10.7. The van der Waals surface area contributed by atoms with Crippen LogP contribution in [0.3, 0.4) is 0 Å². The molecular weight excluding hydrogens is 268 g/mol. The van der Waals surface area contributed by atoms with Gasteiger partial charge in [-0.1, -0.05) is 18.2 Å². The first-order valence-corrected chi connectivity index (χ1v) is 6.15. The van der Waals surface area contributed by atoms with E-state index in [2.05, 4.69) is 0 Å². The van der Waals surface area contributed by atoms with Crippen molar-refractivity contribution in [1.82, 2.24) is 0 Å². The molecule has 0 saturated carbocycles. The zero-order valence-corrected chi connectivity index (χ0v) is 10.4. The Hall–Kier alpha value is -2.32. The van der Waals surface area contributed by atoms with Gasteiger partial charge in [0, 0.05) is 5.56 Å². The Kier molecular flexibility index (Phi) is 3.83. The second-order valence-electron chi connectivity index (χ2n) is 3.62. The number of halogens is 2. The van der Waals surface area contributed by atoms with Crippen molar-refractivity contribution in [3.8, 4) is 6.07 Å². The highest BCUT2D eigenvalue weighted by Gasteiger charge is 2.14. The molecule has 1 aromatic heterocycles.